The number of carboxylic acid groups (broad SMARTS) is 1. The van der Waals surface area contributed by atoms with Gasteiger partial charge in [0.2, 0.25) is 22.7 Å². The van der Waals surface area contributed by atoms with Crippen molar-refractivity contribution in [2.24, 2.45) is 17.3 Å². The molecule has 0 spiro atoms. The summed E-state index contributed by atoms with van der Waals surface area (Å²) in [4.78, 5) is 26.4. The number of sulfonamides is 1. The van der Waals surface area contributed by atoms with E-state index in [0.717, 1.165) is 18.4 Å². The first-order chi connectivity index (χ1) is 24.2. The van der Waals surface area contributed by atoms with Crippen LogP contribution in [0, 0.1) is 17.3 Å². The summed E-state index contributed by atoms with van der Waals surface area (Å²) in [6, 6.07) is 12.1. The number of fused-ring (bicyclic) bond motifs is 2. The zero-order valence-electron chi connectivity index (χ0n) is 30.0. The van der Waals surface area contributed by atoms with Crippen LogP contribution >= 0.6 is 0 Å². The molecule has 3 heterocycles. The third-order valence-electron chi connectivity index (χ3n) is 9.85. The van der Waals surface area contributed by atoms with Crippen LogP contribution in [0.5, 0.6) is 11.5 Å². The molecule has 2 saturated heterocycles. The fraction of sp³-hybridized carbons (Fsp3) is 0.622. The highest BCUT2D eigenvalue weighted by Crippen LogP contribution is 2.38. The molecular formula is C37H53N3O10S. The van der Waals surface area contributed by atoms with Gasteiger partial charge < -0.3 is 34.5 Å². The summed E-state index contributed by atoms with van der Waals surface area (Å²) in [5, 5.41) is 25.7. The van der Waals surface area contributed by atoms with E-state index in [1.54, 1.807) is 6.07 Å². The molecule has 13 nitrogen and oxygen atoms in total. The fourth-order valence-electron chi connectivity index (χ4n) is 7.25. The lowest BCUT2D eigenvalue weighted by Crippen LogP contribution is -2.58. The highest BCUT2D eigenvalue weighted by atomic mass is 32.2. The van der Waals surface area contributed by atoms with Crippen molar-refractivity contribution in [3.63, 3.8) is 0 Å². The Kier molecular flexibility index (Phi) is 12.9. The molecule has 51 heavy (non-hydrogen) atoms. The van der Waals surface area contributed by atoms with Gasteiger partial charge in [0.1, 0.15) is 0 Å². The summed E-state index contributed by atoms with van der Waals surface area (Å²) < 4.78 is 52.6. The van der Waals surface area contributed by atoms with Gasteiger partial charge in [-0.2, -0.15) is 4.31 Å². The first-order valence-corrected chi connectivity index (χ1v) is 19.3. The zero-order valence-corrected chi connectivity index (χ0v) is 30.8. The number of ether oxygens (including phenoxy) is 4. The van der Waals surface area contributed by atoms with Crippen LogP contribution in [0.3, 0.4) is 0 Å². The van der Waals surface area contributed by atoms with Gasteiger partial charge >= 0.3 is 6.09 Å². The van der Waals surface area contributed by atoms with E-state index in [9.17, 15) is 28.2 Å². The molecule has 14 heteroatoms. The third-order valence-corrected chi connectivity index (χ3v) is 11.7. The second kappa shape index (κ2) is 16.9. The van der Waals surface area contributed by atoms with Crippen molar-refractivity contribution in [2.75, 3.05) is 39.6 Å². The van der Waals surface area contributed by atoms with Crippen LogP contribution in [0.2, 0.25) is 0 Å². The first kappa shape index (κ1) is 38.8. The van der Waals surface area contributed by atoms with Crippen molar-refractivity contribution in [1.29, 1.82) is 0 Å². The number of carbonyl (C=O) groups excluding carboxylic acids is 1. The lowest BCUT2D eigenvalue weighted by Gasteiger charge is -2.40. The molecule has 2 fully saturated rings. The normalized spacial score (nSPS) is 21.1. The Morgan fingerprint density at radius 2 is 1.78 bits per heavy atom. The van der Waals surface area contributed by atoms with Crippen LogP contribution in [0.4, 0.5) is 4.79 Å². The number of unbranched alkanes of at least 4 members (excludes halogenated alkanes) is 1. The van der Waals surface area contributed by atoms with E-state index in [2.05, 4.69) is 5.32 Å². The van der Waals surface area contributed by atoms with Crippen LogP contribution in [0.25, 0.3) is 0 Å². The van der Waals surface area contributed by atoms with Gasteiger partial charge in [-0.1, -0.05) is 64.4 Å². The molecule has 2 aromatic rings. The van der Waals surface area contributed by atoms with E-state index >= 15 is 0 Å². The van der Waals surface area contributed by atoms with Gasteiger partial charge in [0.05, 0.1) is 36.3 Å². The third kappa shape index (κ3) is 9.92. The molecule has 3 N–H and O–H groups in total. The smallest absolute Gasteiger partial charge is 0.407 e. The lowest BCUT2D eigenvalue weighted by atomic mass is 9.87. The molecule has 0 bridgehead atoms. The number of amides is 2. The van der Waals surface area contributed by atoms with E-state index in [4.69, 9.17) is 18.9 Å². The van der Waals surface area contributed by atoms with Crippen LogP contribution in [-0.4, -0.2) is 104 Å². The van der Waals surface area contributed by atoms with Crippen molar-refractivity contribution in [2.45, 2.75) is 95.6 Å². The average molecular weight is 732 g/mol. The number of hydrogen-bond acceptors (Lipinski definition) is 9. The molecule has 0 unspecified atom stereocenters. The van der Waals surface area contributed by atoms with Crippen LogP contribution < -0.4 is 14.8 Å². The number of benzene rings is 2. The van der Waals surface area contributed by atoms with Crippen molar-refractivity contribution >= 4 is 22.0 Å². The molecule has 5 rings (SSSR count). The van der Waals surface area contributed by atoms with E-state index in [0.29, 0.717) is 43.9 Å². The predicted molar refractivity (Wildman–Crippen MR) is 189 cm³/mol. The molecule has 282 valence electrons. The predicted octanol–water partition coefficient (Wildman–Crippen LogP) is 4.48. The minimum Gasteiger partial charge on any atom is -0.465 e. The summed E-state index contributed by atoms with van der Waals surface area (Å²) in [5.41, 5.74) is 0.261. The summed E-state index contributed by atoms with van der Waals surface area (Å²) in [6.45, 7) is 8.71. The van der Waals surface area contributed by atoms with Crippen molar-refractivity contribution < 1.29 is 47.2 Å². The van der Waals surface area contributed by atoms with E-state index in [1.807, 2.05) is 58.0 Å². The lowest BCUT2D eigenvalue weighted by molar-refractivity contribution is -0.121. The van der Waals surface area contributed by atoms with Gasteiger partial charge in [-0.05, 0) is 54.7 Å². The van der Waals surface area contributed by atoms with Crippen LogP contribution in [0.15, 0.2) is 53.4 Å². The van der Waals surface area contributed by atoms with Crippen molar-refractivity contribution in [3.8, 4) is 11.5 Å². The number of rotatable bonds is 18. The van der Waals surface area contributed by atoms with E-state index in [-0.39, 0.29) is 55.5 Å². The number of carbonyl (C=O) groups is 2. The highest BCUT2D eigenvalue weighted by molar-refractivity contribution is 7.89. The van der Waals surface area contributed by atoms with E-state index in [1.165, 1.54) is 21.3 Å². The maximum atomic E-state index is 14.5. The number of nitrogens with zero attached hydrogens (tertiary/aromatic N) is 2. The van der Waals surface area contributed by atoms with Crippen molar-refractivity contribution in [1.82, 2.24) is 14.5 Å². The van der Waals surface area contributed by atoms with Gasteiger partial charge in [0.25, 0.3) is 0 Å². The van der Waals surface area contributed by atoms with Crippen LogP contribution in [0.1, 0.15) is 65.4 Å². The highest BCUT2D eigenvalue weighted by Gasteiger charge is 2.49. The average Bonchev–Trinajstić information content (AvgIpc) is 3.82. The Labute approximate surface area is 301 Å². The summed E-state index contributed by atoms with van der Waals surface area (Å²) >= 11 is 0. The molecule has 3 aliphatic rings. The number of aliphatic hydroxyl groups excluding tert-OH is 1. The molecule has 0 aromatic heterocycles. The quantitative estimate of drug-likeness (QED) is 0.186. The summed E-state index contributed by atoms with van der Waals surface area (Å²) in [6.07, 6.45) is 0.221. The number of nitrogens with one attached hydrogen (secondary N) is 1. The number of hydrogen-bond donors (Lipinski definition) is 3. The molecule has 2 amide bonds. The van der Waals surface area contributed by atoms with Gasteiger partial charge in [0.15, 0.2) is 17.8 Å². The Morgan fingerprint density at radius 3 is 2.51 bits per heavy atom. The second-order valence-electron chi connectivity index (χ2n) is 15.0. The Hall–Kier alpha value is -3.43. The Bertz CT molecular complexity index is 1590. The maximum absolute atomic E-state index is 14.5. The molecule has 0 aliphatic carbocycles. The molecule has 3 aliphatic heterocycles. The Morgan fingerprint density at radius 1 is 1.04 bits per heavy atom. The summed E-state index contributed by atoms with van der Waals surface area (Å²) in [5.74, 6) is 0.833. The van der Waals surface area contributed by atoms with E-state index < -0.39 is 46.0 Å². The van der Waals surface area contributed by atoms with Gasteiger partial charge in [-0.25, -0.2) is 13.2 Å². The number of aliphatic hydroxyl groups is 1. The molecule has 0 saturated carbocycles. The second-order valence-corrected chi connectivity index (χ2v) is 16.9. The molecule has 2 aromatic carbocycles. The first-order valence-electron chi connectivity index (χ1n) is 17.9. The minimum absolute atomic E-state index is 0.0137. The standard InChI is InChI=1S/C37H53N3O10S/c1-25(2)18-34(42)38-16-9-8-15-37(3,4)23-39(51(45,46)27-12-13-32-33(20-27)50-24-49-32)21-31(41)29(19-26-10-6-5-7-11-26)40(36(43)44)30-22-48-35-28(30)14-17-47-35/h5-7,10-13,20,25,28-31,35,41H,8-9,14-19,21-24H2,1-4H3,(H,38,42)(H,43,44)/t28-,29-,30-,31+,35+/m0/s1. The topological polar surface area (TPSA) is 164 Å². The van der Waals surface area contributed by atoms with Crippen molar-refractivity contribution in [3.05, 3.63) is 54.1 Å². The monoisotopic (exact) mass is 731 g/mol. The largest absolute Gasteiger partial charge is 0.465 e. The molecule has 5 atom stereocenters. The molecule has 0 radical (unpaired) electrons. The Balaban J connectivity index is 1.40. The zero-order chi connectivity index (χ0) is 36.8. The van der Waals surface area contributed by atoms with Gasteiger partial charge in [-0.15, -0.1) is 0 Å². The van der Waals surface area contributed by atoms with Gasteiger partial charge in [-0.3, -0.25) is 9.69 Å². The SMILES string of the molecule is CC(C)CC(=O)NCCCCC(C)(C)CN(C[C@@H](O)[C@H](Cc1ccccc1)N(C(=O)O)[C@H]1CO[C@H]2OCC[C@H]21)S(=O)(=O)c1ccc2c(c1)OCO2. The molecular weight excluding hydrogens is 678 g/mol. The van der Waals surface area contributed by atoms with Gasteiger partial charge in [0, 0.05) is 38.0 Å². The van der Waals surface area contributed by atoms with Crippen LogP contribution in [-0.2, 0) is 30.7 Å². The minimum atomic E-state index is -4.22. The summed E-state index contributed by atoms with van der Waals surface area (Å²) in [7, 11) is -4.22. The fourth-order valence-corrected chi connectivity index (χ4v) is 8.92. The maximum Gasteiger partial charge on any atom is 0.407 e.